The van der Waals surface area contributed by atoms with Gasteiger partial charge in [-0.3, -0.25) is 19.4 Å². The number of allylic oxidation sites excluding steroid dienone is 1. The molecule has 0 spiro atoms. The number of halogens is 2. The molecule has 8 heteroatoms. The third-order valence-electron chi connectivity index (χ3n) is 9.29. The van der Waals surface area contributed by atoms with Gasteiger partial charge < -0.3 is 4.90 Å². The average molecular weight is 617 g/mol. The van der Waals surface area contributed by atoms with Gasteiger partial charge in [-0.15, -0.1) is 0 Å². The number of β-lactam (4-membered cyclic amide) rings is 2. The number of aliphatic imine (C=N–C) groups is 1. The summed E-state index contributed by atoms with van der Waals surface area (Å²) < 4.78 is 29.0. The second-order valence-electron chi connectivity index (χ2n) is 13.4. The quantitative estimate of drug-likeness (QED) is 0.217. The van der Waals surface area contributed by atoms with Gasteiger partial charge in [0, 0.05) is 16.9 Å². The van der Waals surface area contributed by atoms with Crippen molar-refractivity contribution in [3.8, 4) is 0 Å². The van der Waals surface area contributed by atoms with Crippen molar-refractivity contribution in [3.63, 3.8) is 0 Å². The Labute approximate surface area is 267 Å². The molecule has 0 aliphatic carbocycles. The molecule has 0 N–H and O–H groups in total. The van der Waals surface area contributed by atoms with Crippen LogP contribution in [0.5, 0.6) is 0 Å². The van der Waals surface area contributed by atoms with E-state index in [1.807, 2.05) is 95.0 Å². The van der Waals surface area contributed by atoms with Gasteiger partial charge in [0.25, 0.3) is 0 Å². The second kappa shape index (κ2) is 10.2. The van der Waals surface area contributed by atoms with E-state index in [0.29, 0.717) is 39.7 Å². The highest BCUT2D eigenvalue weighted by Crippen LogP contribution is 2.55. The monoisotopic (exact) mass is 616 g/mol. The van der Waals surface area contributed by atoms with Crippen molar-refractivity contribution in [2.75, 3.05) is 14.7 Å². The standard InChI is InChI=1S/C38H34F2N4O2/c1-22-7-16-27(17-8-22)42-33(37(3,4)35(42)45)32-31(41-26-14-11-24(39)12-15-26)29-21-25(40)13-20-30(29)44(32)34-38(5,6)36(46)43(34)28-18-9-23(2)10-19-28/h7-21,34H,1-6H3/b33-32-,41-31?. The molecule has 0 radical (unpaired) electrons. The molecule has 0 aromatic heterocycles. The first-order valence-electron chi connectivity index (χ1n) is 15.3. The first-order valence-corrected chi connectivity index (χ1v) is 15.3. The zero-order valence-corrected chi connectivity index (χ0v) is 26.6. The zero-order chi connectivity index (χ0) is 32.7. The average Bonchev–Trinajstić information content (AvgIpc) is 3.31. The molecule has 3 aliphatic rings. The highest BCUT2D eigenvalue weighted by Gasteiger charge is 2.62. The van der Waals surface area contributed by atoms with Crippen molar-refractivity contribution in [1.29, 1.82) is 0 Å². The van der Waals surface area contributed by atoms with Crippen LogP contribution in [0.15, 0.2) is 107 Å². The number of anilines is 3. The van der Waals surface area contributed by atoms with E-state index in [-0.39, 0.29) is 11.8 Å². The molecule has 1 unspecified atom stereocenters. The van der Waals surface area contributed by atoms with Gasteiger partial charge in [-0.1, -0.05) is 35.4 Å². The van der Waals surface area contributed by atoms with E-state index in [4.69, 9.17) is 4.99 Å². The molecule has 2 saturated heterocycles. The molecular formula is C38H34F2N4O2. The van der Waals surface area contributed by atoms with E-state index in [2.05, 4.69) is 0 Å². The van der Waals surface area contributed by atoms with Crippen molar-refractivity contribution < 1.29 is 18.4 Å². The van der Waals surface area contributed by atoms with Crippen LogP contribution in [0.4, 0.5) is 31.5 Å². The summed E-state index contributed by atoms with van der Waals surface area (Å²) in [7, 11) is 0. The van der Waals surface area contributed by atoms with Crippen LogP contribution in [0, 0.1) is 36.3 Å². The van der Waals surface area contributed by atoms with Gasteiger partial charge in [0.2, 0.25) is 11.8 Å². The Morgan fingerprint density at radius 3 is 1.85 bits per heavy atom. The summed E-state index contributed by atoms with van der Waals surface area (Å²) in [5, 5.41) is 0. The molecule has 46 heavy (non-hydrogen) atoms. The number of nitrogens with zero attached hydrogens (tertiary/aromatic N) is 4. The molecule has 232 valence electrons. The van der Waals surface area contributed by atoms with Crippen LogP contribution in [0.25, 0.3) is 0 Å². The van der Waals surface area contributed by atoms with E-state index in [1.165, 1.54) is 24.3 Å². The molecule has 0 saturated carbocycles. The lowest BCUT2D eigenvalue weighted by Crippen LogP contribution is -2.73. The van der Waals surface area contributed by atoms with Crippen molar-refractivity contribution in [3.05, 3.63) is 131 Å². The predicted molar refractivity (Wildman–Crippen MR) is 177 cm³/mol. The Kier molecular flexibility index (Phi) is 6.56. The van der Waals surface area contributed by atoms with E-state index in [9.17, 15) is 14.0 Å². The Balaban J connectivity index is 1.54. The fourth-order valence-corrected chi connectivity index (χ4v) is 6.75. The summed E-state index contributed by atoms with van der Waals surface area (Å²) in [6.07, 6.45) is -0.540. The number of aryl methyl sites for hydroxylation is 2. The molecule has 1 atom stereocenters. The minimum atomic E-state index is -0.949. The summed E-state index contributed by atoms with van der Waals surface area (Å²) in [5.41, 5.74) is 5.09. The van der Waals surface area contributed by atoms with Gasteiger partial charge in [-0.25, -0.2) is 13.8 Å². The number of amides is 2. The van der Waals surface area contributed by atoms with Crippen LogP contribution in [0.3, 0.4) is 0 Å². The lowest BCUT2D eigenvalue weighted by Gasteiger charge is -2.58. The van der Waals surface area contributed by atoms with Crippen LogP contribution in [0.2, 0.25) is 0 Å². The molecule has 4 aromatic carbocycles. The highest BCUT2D eigenvalue weighted by molar-refractivity contribution is 6.27. The van der Waals surface area contributed by atoms with Crippen LogP contribution in [-0.2, 0) is 9.59 Å². The van der Waals surface area contributed by atoms with Gasteiger partial charge in [-0.2, -0.15) is 0 Å². The first-order chi connectivity index (χ1) is 21.8. The zero-order valence-electron chi connectivity index (χ0n) is 26.6. The van der Waals surface area contributed by atoms with Gasteiger partial charge >= 0.3 is 0 Å². The molecule has 4 aromatic rings. The SMILES string of the molecule is Cc1ccc(N2C(=O)C(C)(C)/C2=C2\C(=Nc3ccc(F)cc3)c3cc(F)ccc3N2C2N(c3ccc(C)cc3)C(=O)C2(C)C)cc1. The highest BCUT2D eigenvalue weighted by atomic mass is 19.1. The lowest BCUT2D eigenvalue weighted by molar-refractivity contribution is -0.137. The van der Waals surface area contributed by atoms with Gasteiger partial charge in [-0.05, 0) is 108 Å². The number of fused-ring (bicyclic) bond motifs is 1. The van der Waals surface area contributed by atoms with E-state index >= 15 is 4.39 Å². The largest absolute Gasteiger partial charge is 0.315 e. The summed E-state index contributed by atoms with van der Waals surface area (Å²) in [5.74, 6) is -1.00. The maximum atomic E-state index is 15.1. The predicted octanol–water partition coefficient (Wildman–Crippen LogP) is 8.21. The van der Waals surface area contributed by atoms with Crippen LogP contribution < -0.4 is 14.7 Å². The molecule has 2 amide bonds. The number of benzene rings is 4. The fraction of sp³-hybridized carbons (Fsp3) is 0.237. The van der Waals surface area contributed by atoms with Crippen molar-refractivity contribution in [2.24, 2.45) is 15.8 Å². The van der Waals surface area contributed by atoms with Crippen LogP contribution in [-0.4, -0.2) is 23.7 Å². The third kappa shape index (κ3) is 4.30. The minimum absolute atomic E-state index is 0.0578. The summed E-state index contributed by atoms with van der Waals surface area (Å²) in [4.78, 5) is 38.2. The first kappa shape index (κ1) is 29.6. The second-order valence-corrected chi connectivity index (χ2v) is 13.4. The summed E-state index contributed by atoms with van der Waals surface area (Å²) in [6.45, 7) is 11.5. The van der Waals surface area contributed by atoms with Crippen LogP contribution >= 0.6 is 0 Å². The molecule has 7 rings (SSSR count). The molecule has 2 fully saturated rings. The Bertz CT molecular complexity index is 1980. The molecule has 3 heterocycles. The third-order valence-corrected chi connectivity index (χ3v) is 9.29. The fourth-order valence-electron chi connectivity index (χ4n) is 6.75. The van der Waals surface area contributed by atoms with Crippen molar-refractivity contribution in [1.82, 2.24) is 0 Å². The Hall–Kier alpha value is -5.11. The molecule has 0 bridgehead atoms. The maximum Gasteiger partial charge on any atom is 0.243 e. The van der Waals surface area contributed by atoms with E-state index in [1.54, 1.807) is 28.0 Å². The smallest absolute Gasteiger partial charge is 0.243 e. The normalized spacial score (nSPS) is 22.2. The molecular weight excluding hydrogens is 582 g/mol. The molecule has 3 aliphatic heterocycles. The summed E-state index contributed by atoms with van der Waals surface area (Å²) >= 11 is 0. The topological polar surface area (TPSA) is 56.2 Å². The lowest BCUT2D eigenvalue weighted by atomic mass is 9.74. The van der Waals surface area contributed by atoms with Crippen molar-refractivity contribution >= 4 is 40.3 Å². The van der Waals surface area contributed by atoms with E-state index < -0.39 is 28.6 Å². The molecule has 6 nitrogen and oxygen atoms in total. The Morgan fingerprint density at radius 1 is 0.674 bits per heavy atom. The number of carbonyl (C=O) groups excluding carboxylic acids is 2. The minimum Gasteiger partial charge on any atom is -0.315 e. The van der Waals surface area contributed by atoms with Crippen LogP contribution in [0.1, 0.15) is 44.4 Å². The number of hydrogen-bond acceptors (Lipinski definition) is 4. The van der Waals surface area contributed by atoms with Gasteiger partial charge in [0.1, 0.15) is 17.8 Å². The van der Waals surface area contributed by atoms with Gasteiger partial charge in [0.05, 0.1) is 39.3 Å². The Morgan fingerprint density at radius 2 is 1.24 bits per heavy atom. The van der Waals surface area contributed by atoms with Gasteiger partial charge in [0.15, 0.2) is 0 Å². The van der Waals surface area contributed by atoms with Crippen molar-refractivity contribution in [2.45, 2.75) is 47.7 Å². The maximum absolute atomic E-state index is 15.1. The number of carbonyl (C=O) groups is 2. The summed E-state index contributed by atoms with van der Waals surface area (Å²) in [6, 6.07) is 25.8. The number of hydrogen-bond donors (Lipinski definition) is 0. The van der Waals surface area contributed by atoms with E-state index in [0.717, 1.165) is 16.8 Å². The number of rotatable bonds is 4.